The normalized spacial score (nSPS) is 12.7. The van der Waals surface area contributed by atoms with Crippen molar-refractivity contribution in [1.82, 2.24) is 20.6 Å². The maximum absolute atomic E-state index is 12.5. The van der Waals surface area contributed by atoms with Gasteiger partial charge in [-0.05, 0) is 60.5 Å². The molecule has 0 aliphatic heterocycles. The second kappa shape index (κ2) is 13.9. The van der Waals surface area contributed by atoms with E-state index < -0.39 is 6.10 Å². The lowest BCUT2D eigenvalue weighted by atomic mass is 10.1. The van der Waals surface area contributed by atoms with E-state index in [9.17, 15) is 15.0 Å². The molecule has 6 N–H and O–H groups in total. The van der Waals surface area contributed by atoms with Gasteiger partial charge in [0, 0.05) is 47.8 Å². The highest BCUT2D eigenvalue weighted by molar-refractivity contribution is 6.06. The van der Waals surface area contributed by atoms with Gasteiger partial charge in [-0.2, -0.15) is 0 Å². The molecule has 3 aromatic carbocycles. The number of ether oxygens (including phenoxy) is 2. The summed E-state index contributed by atoms with van der Waals surface area (Å²) in [5.41, 5.74) is 2.87. The van der Waals surface area contributed by atoms with Crippen LogP contribution in [-0.4, -0.2) is 76.3 Å². The minimum absolute atomic E-state index is 0.0916. The van der Waals surface area contributed by atoms with Crippen LogP contribution >= 0.6 is 0 Å². The highest BCUT2D eigenvalue weighted by Crippen LogP contribution is 2.30. The average Bonchev–Trinajstić information content (AvgIpc) is 3.51. The van der Waals surface area contributed by atoms with Gasteiger partial charge in [0.05, 0.1) is 24.3 Å². The Morgan fingerprint density at radius 3 is 2.60 bits per heavy atom. The topological polar surface area (TPSA) is 149 Å². The molecule has 0 saturated heterocycles. The quantitative estimate of drug-likeness (QED) is 0.119. The third-order valence-corrected chi connectivity index (χ3v) is 6.85. The van der Waals surface area contributed by atoms with Crippen LogP contribution in [0, 0.1) is 0 Å². The van der Waals surface area contributed by atoms with Crippen LogP contribution in [-0.2, 0) is 6.42 Å². The van der Waals surface area contributed by atoms with Crippen LogP contribution in [0.25, 0.3) is 21.8 Å². The second-order valence-corrected chi connectivity index (χ2v) is 9.89. The zero-order valence-corrected chi connectivity index (χ0v) is 23.0. The summed E-state index contributed by atoms with van der Waals surface area (Å²) in [6, 6.07) is 22.0. The van der Waals surface area contributed by atoms with Crippen molar-refractivity contribution in [2.45, 2.75) is 18.6 Å². The highest BCUT2D eigenvalue weighted by atomic mass is 16.5. The number of H-pyrrole nitrogens is 1. The molecule has 10 nitrogen and oxygen atoms in total. The molecule has 0 radical (unpaired) electrons. The van der Waals surface area contributed by atoms with E-state index in [0.29, 0.717) is 40.1 Å². The van der Waals surface area contributed by atoms with Crippen molar-refractivity contribution in [3.8, 4) is 17.2 Å². The third-order valence-electron chi connectivity index (χ3n) is 6.85. The first-order valence-electron chi connectivity index (χ1n) is 13.8. The smallest absolute Gasteiger partial charge is 0.253 e. The van der Waals surface area contributed by atoms with Gasteiger partial charge in [-0.15, -0.1) is 0 Å². The second-order valence-electron chi connectivity index (χ2n) is 9.89. The lowest BCUT2D eigenvalue weighted by molar-refractivity contribution is 0.0946. The zero-order chi connectivity index (χ0) is 29.3. The molecular formula is C32H34N4O6. The fourth-order valence-corrected chi connectivity index (χ4v) is 4.72. The van der Waals surface area contributed by atoms with E-state index in [2.05, 4.69) is 20.6 Å². The minimum atomic E-state index is -0.750. The van der Waals surface area contributed by atoms with E-state index in [-0.39, 0.29) is 44.9 Å². The molecule has 1 amide bonds. The predicted octanol–water partition coefficient (Wildman–Crippen LogP) is 3.16. The lowest BCUT2D eigenvalue weighted by Gasteiger charge is -2.20. The first kappa shape index (κ1) is 29.0. The van der Waals surface area contributed by atoms with Crippen LogP contribution in [0.5, 0.6) is 17.2 Å². The van der Waals surface area contributed by atoms with Gasteiger partial charge in [0.15, 0.2) is 0 Å². The van der Waals surface area contributed by atoms with Gasteiger partial charge in [0.2, 0.25) is 0 Å². The van der Waals surface area contributed by atoms with Gasteiger partial charge < -0.3 is 40.4 Å². The fourth-order valence-electron chi connectivity index (χ4n) is 4.72. The Kier molecular flexibility index (Phi) is 9.62. The Morgan fingerprint density at radius 2 is 1.79 bits per heavy atom. The number of hydrogen-bond donors (Lipinski definition) is 6. The van der Waals surface area contributed by atoms with Crippen molar-refractivity contribution >= 4 is 27.7 Å². The highest BCUT2D eigenvalue weighted by Gasteiger charge is 2.15. The van der Waals surface area contributed by atoms with Gasteiger partial charge in [-0.25, -0.2) is 0 Å². The molecule has 218 valence electrons. The van der Waals surface area contributed by atoms with Crippen molar-refractivity contribution in [3.05, 3.63) is 96.3 Å². The summed E-state index contributed by atoms with van der Waals surface area (Å²) in [4.78, 5) is 20.0. The van der Waals surface area contributed by atoms with E-state index in [4.69, 9.17) is 14.6 Å². The van der Waals surface area contributed by atoms with E-state index in [1.165, 1.54) is 0 Å². The summed E-state index contributed by atoms with van der Waals surface area (Å²) in [7, 11) is 0. The number of rotatable bonds is 14. The molecule has 0 fully saturated rings. The average molecular weight is 571 g/mol. The largest absolute Gasteiger partial charge is 0.490 e. The molecule has 0 saturated carbocycles. The maximum atomic E-state index is 12.5. The van der Waals surface area contributed by atoms with E-state index in [1.807, 2.05) is 60.8 Å². The Morgan fingerprint density at radius 1 is 0.952 bits per heavy atom. The molecule has 5 aromatic rings. The summed E-state index contributed by atoms with van der Waals surface area (Å²) in [5.74, 6) is 1.56. The maximum Gasteiger partial charge on any atom is 0.253 e. The van der Waals surface area contributed by atoms with E-state index >= 15 is 0 Å². The molecule has 42 heavy (non-hydrogen) atoms. The number of aromatic nitrogens is 2. The molecule has 0 bridgehead atoms. The number of nitrogens with zero attached hydrogens (tertiary/aromatic N) is 1. The van der Waals surface area contributed by atoms with Crippen LogP contribution in [0.2, 0.25) is 0 Å². The Balaban J connectivity index is 1.15. The molecule has 0 aliphatic carbocycles. The number of aliphatic hydroxyl groups is 3. The predicted molar refractivity (Wildman–Crippen MR) is 160 cm³/mol. The van der Waals surface area contributed by atoms with Crippen molar-refractivity contribution in [1.29, 1.82) is 0 Å². The number of hydrogen-bond acceptors (Lipinski definition) is 8. The Labute approximate surface area is 242 Å². The van der Waals surface area contributed by atoms with Gasteiger partial charge in [0.1, 0.15) is 30.0 Å². The minimum Gasteiger partial charge on any atom is -0.490 e. The summed E-state index contributed by atoms with van der Waals surface area (Å²) in [5, 5.41) is 36.9. The molecule has 2 aromatic heterocycles. The number of para-hydroxylation sites is 1. The number of pyridine rings is 1. The molecule has 2 atom stereocenters. The summed E-state index contributed by atoms with van der Waals surface area (Å²) >= 11 is 0. The number of carbonyl (C=O) groups excluding carboxylic acids is 1. The van der Waals surface area contributed by atoms with Crippen molar-refractivity contribution in [2.24, 2.45) is 0 Å². The number of carbonyl (C=O) groups is 1. The van der Waals surface area contributed by atoms with Crippen molar-refractivity contribution in [3.63, 3.8) is 0 Å². The van der Waals surface area contributed by atoms with Crippen molar-refractivity contribution in [2.75, 3.05) is 32.9 Å². The summed E-state index contributed by atoms with van der Waals surface area (Å²) < 4.78 is 12.0. The summed E-state index contributed by atoms with van der Waals surface area (Å²) in [6.45, 7) is 0.314. The van der Waals surface area contributed by atoms with Crippen molar-refractivity contribution < 1.29 is 29.6 Å². The van der Waals surface area contributed by atoms with E-state index in [0.717, 1.165) is 16.5 Å². The standard InChI is InChI=1S/C32H34N4O6/c37-16-15-35-32(40)27-4-1-3-26-30(12-14-34-31(26)27)42-24-9-7-21(8-10-24)17-22(19-38)36-18-23(39)20-41-29-6-2-5-28-25(29)11-13-33-28/h1-14,22-23,33,36-39H,15-20H2,(H,35,40)/t22-,23-/m0/s1. The SMILES string of the molecule is O=C(NCCO)c1cccc2c(Oc3ccc(C[C@@H](CO)NC[C@H](O)COc4cccc5[nH]ccc45)cc3)ccnc12. The molecule has 0 unspecified atom stereocenters. The summed E-state index contributed by atoms with van der Waals surface area (Å²) in [6.07, 6.45) is 3.24. The van der Waals surface area contributed by atoms with Gasteiger partial charge >= 0.3 is 0 Å². The molecule has 0 aliphatic rings. The van der Waals surface area contributed by atoms with Crippen LogP contribution in [0.1, 0.15) is 15.9 Å². The van der Waals surface area contributed by atoms with Gasteiger partial charge in [0.25, 0.3) is 5.91 Å². The zero-order valence-electron chi connectivity index (χ0n) is 23.0. The van der Waals surface area contributed by atoms with Crippen LogP contribution in [0.3, 0.4) is 0 Å². The fraction of sp³-hybridized carbons (Fsp3) is 0.250. The first-order valence-corrected chi connectivity index (χ1v) is 13.8. The number of fused-ring (bicyclic) bond motifs is 2. The molecule has 10 heteroatoms. The number of aromatic amines is 1. The van der Waals surface area contributed by atoms with E-state index in [1.54, 1.807) is 24.4 Å². The number of aliphatic hydroxyl groups excluding tert-OH is 3. The number of nitrogens with one attached hydrogen (secondary N) is 3. The molecule has 5 rings (SSSR count). The van der Waals surface area contributed by atoms with Crippen LogP contribution in [0.4, 0.5) is 0 Å². The number of benzene rings is 3. The Hall–Kier alpha value is -4.48. The third kappa shape index (κ3) is 7.04. The Bertz CT molecular complexity index is 1620. The molecule has 0 spiro atoms. The molecular weight excluding hydrogens is 536 g/mol. The number of amides is 1. The monoisotopic (exact) mass is 570 g/mol. The van der Waals surface area contributed by atoms with Gasteiger partial charge in [-0.1, -0.05) is 24.3 Å². The van der Waals surface area contributed by atoms with Crippen LogP contribution < -0.4 is 20.1 Å². The molecule has 2 heterocycles. The lowest BCUT2D eigenvalue weighted by Crippen LogP contribution is -2.41. The van der Waals surface area contributed by atoms with Crippen LogP contribution in [0.15, 0.2) is 85.2 Å². The van der Waals surface area contributed by atoms with Gasteiger partial charge in [-0.3, -0.25) is 9.78 Å². The first-order chi connectivity index (χ1) is 20.6.